The Hall–Kier alpha value is -2.54. The standard InChI is InChI=1S/C24H33NO6/c1-4-30-24(27)22-17(14-18-20(28-2)11-8-12-21(18)31-22)15-25-19(23(26)29-3)13-16-9-6-5-7-10-16/h8,11-12,14,16,19,22,25H,4-7,9-10,13,15H2,1-3H3/t19-,22?/m0/s1. The van der Waals surface area contributed by atoms with E-state index in [1.54, 1.807) is 20.1 Å². The van der Waals surface area contributed by atoms with Crippen molar-refractivity contribution < 1.29 is 28.5 Å². The third-order valence-electron chi connectivity index (χ3n) is 5.99. The van der Waals surface area contributed by atoms with Crippen molar-refractivity contribution in [3.63, 3.8) is 0 Å². The molecule has 170 valence electrons. The Morgan fingerprint density at radius 3 is 2.65 bits per heavy atom. The number of ether oxygens (including phenoxy) is 4. The molecule has 3 rings (SSSR count). The summed E-state index contributed by atoms with van der Waals surface area (Å²) in [4.78, 5) is 25.0. The third-order valence-corrected chi connectivity index (χ3v) is 5.99. The Morgan fingerprint density at radius 2 is 1.97 bits per heavy atom. The summed E-state index contributed by atoms with van der Waals surface area (Å²) in [6.45, 7) is 2.32. The van der Waals surface area contributed by atoms with Crippen molar-refractivity contribution in [2.45, 2.75) is 57.6 Å². The maximum Gasteiger partial charge on any atom is 0.351 e. The number of rotatable bonds is 9. The molecule has 7 nitrogen and oxygen atoms in total. The van der Waals surface area contributed by atoms with Crippen molar-refractivity contribution in [2.75, 3.05) is 27.4 Å². The Kier molecular flexibility index (Phi) is 8.35. The second-order valence-corrected chi connectivity index (χ2v) is 8.04. The first-order valence-corrected chi connectivity index (χ1v) is 11.1. The van der Waals surface area contributed by atoms with Crippen molar-refractivity contribution in [1.29, 1.82) is 0 Å². The maximum absolute atomic E-state index is 12.6. The predicted molar refractivity (Wildman–Crippen MR) is 117 cm³/mol. The van der Waals surface area contributed by atoms with Crippen molar-refractivity contribution >= 4 is 18.0 Å². The van der Waals surface area contributed by atoms with Gasteiger partial charge in [-0.1, -0.05) is 38.2 Å². The van der Waals surface area contributed by atoms with Gasteiger partial charge in [0, 0.05) is 6.54 Å². The smallest absolute Gasteiger partial charge is 0.351 e. The molecule has 1 aromatic carbocycles. The summed E-state index contributed by atoms with van der Waals surface area (Å²) in [6, 6.07) is 5.02. The molecule has 0 radical (unpaired) electrons. The van der Waals surface area contributed by atoms with Crippen LogP contribution in [0.5, 0.6) is 11.5 Å². The third kappa shape index (κ3) is 5.79. The van der Waals surface area contributed by atoms with Crippen molar-refractivity contribution in [3.05, 3.63) is 29.3 Å². The van der Waals surface area contributed by atoms with Crippen LogP contribution in [0.3, 0.4) is 0 Å². The van der Waals surface area contributed by atoms with Gasteiger partial charge in [-0.3, -0.25) is 4.79 Å². The number of carbonyl (C=O) groups is 2. The highest BCUT2D eigenvalue weighted by atomic mass is 16.6. The molecule has 0 amide bonds. The molecule has 31 heavy (non-hydrogen) atoms. The number of nitrogens with one attached hydrogen (secondary N) is 1. The summed E-state index contributed by atoms with van der Waals surface area (Å²) in [5.74, 6) is 0.986. The van der Waals surface area contributed by atoms with Gasteiger partial charge < -0.3 is 24.3 Å². The lowest BCUT2D eigenvalue weighted by atomic mass is 9.84. The van der Waals surface area contributed by atoms with Crippen LogP contribution in [0.1, 0.15) is 51.0 Å². The molecule has 1 saturated carbocycles. The fourth-order valence-corrected chi connectivity index (χ4v) is 4.37. The molecule has 2 aliphatic rings. The van der Waals surface area contributed by atoms with E-state index in [4.69, 9.17) is 18.9 Å². The molecule has 0 bridgehead atoms. The second kappa shape index (κ2) is 11.2. The first-order valence-electron chi connectivity index (χ1n) is 11.1. The second-order valence-electron chi connectivity index (χ2n) is 8.04. The lowest BCUT2D eigenvalue weighted by molar-refractivity contribution is -0.149. The molecule has 1 aliphatic heterocycles. The zero-order chi connectivity index (χ0) is 22.2. The van der Waals surface area contributed by atoms with E-state index in [0.717, 1.165) is 24.8 Å². The Morgan fingerprint density at radius 1 is 1.19 bits per heavy atom. The summed E-state index contributed by atoms with van der Waals surface area (Å²) in [5.41, 5.74) is 1.46. The predicted octanol–water partition coefficient (Wildman–Crippen LogP) is 3.50. The van der Waals surface area contributed by atoms with Gasteiger partial charge in [-0.2, -0.15) is 0 Å². The number of hydrogen-bond donors (Lipinski definition) is 1. The van der Waals surface area contributed by atoms with Crippen LogP contribution in [0.25, 0.3) is 6.08 Å². The fraction of sp³-hybridized carbons (Fsp3) is 0.583. The first kappa shape index (κ1) is 23.1. The molecule has 2 atom stereocenters. The fourth-order valence-electron chi connectivity index (χ4n) is 4.37. The number of fused-ring (bicyclic) bond motifs is 1. The number of carbonyl (C=O) groups excluding carboxylic acids is 2. The molecular weight excluding hydrogens is 398 g/mol. The van der Waals surface area contributed by atoms with Crippen molar-refractivity contribution in [2.24, 2.45) is 5.92 Å². The quantitative estimate of drug-likeness (QED) is 0.599. The summed E-state index contributed by atoms with van der Waals surface area (Å²) >= 11 is 0. The normalized spacial score (nSPS) is 19.5. The highest BCUT2D eigenvalue weighted by molar-refractivity contribution is 5.84. The number of benzene rings is 1. The van der Waals surface area contributed by atoms with Gasteiger partial charge in [-0.15, -0.1) is 0 Å². The van der Waals surface area contributed by atoms with Crippen LogP contribution >= 0.6 is 0 Å². The van der Waals surface area contributed by atoms with Crippen molar-refractivity contribution in [3.8, 4) is 11.5 Å². The van der Waals surface area contributed by atoms with Gasteiger partial charge in [-0.25, -0.2) is 4.79 Å². The Balaban J connectivity index is 1.80. The number of hydrogen-bond acceptors (Lipinski definition) is 7. The van der Waals surface area contributed by atoms with E-state index in [2.05, 4.69) is 5.32 Å². The van der Waals surface area contributed by atoms with Crippen LogP contribution in [0.4, 0.5) is 0 Å². The van der Waals surface area contributed by atoms with Gasteiger partial charge in [0.25, 0.3) is 0 Å². The van der Waals surface area contributed by atoms with Gasteiger partial charge >= 0.3 is 11.9 Å². The highest BCUT2D eigenvalue weighted by Gasteiger charge is 2.33. The minimum atomic E-state index is -0.875. The molecule has 1 heterocycles. The summed E-state index contributed by atoms with van der Waals surface area (Å²) in [5, 5.41) is 3.31. The van der Waals surface area contributed by atoms with Crippen LogP contribution in [0.15, 0.2) is 23.8 Å². The van der Waals surface area contributed by atoms with E-state index >= 15 is 0 Å². The van der Waals surface area contributed by atoms with E-state index in [-0.39, 0.29) is 12.6 Å². The minimum Gasteiger partial charge on any atom is -0.496 e. The average Bonchev–Trinajstić information content (AvgIpc) is 2.81. The maximum atomic E-state index is 12.6. The number of methoxy groups -OCH3 is 2. The summed E-state index contributed by atoms with van der Waals surface area (Å²) < 4.78 is 21.7. The van der Waals surface area contributed by atoms with Crippen molar-refractivity contribution in [1.82, 2.24) is 5.32 Å². The molecule has 1 N–H and O–H groups in total. The van der Waals surface area contributed by atoms with Gasteiger partial charge in [0.2, 0.25) is 6.10 Å². The minimum absolute atomic E-state index is 0.261. The van der Waals surface area contributed by atoms with Gasteiger partial charge in [-0.05, 0) is 43.0 Å². The summed E-state index contributed by atoms with van der Waals surface area (Å²) in [6.07, 6.45) is 7.69. The van der Waals surface area contributed by atoms with E-state index in [0.29, 0.717) is 29.5 Å². The lowest BCUT2D eigenvalue weighted by Crippen LogP contribution is -2.44. The molecular formula is C24H33NO6. The van der Waals surface area contributed by atoms with Crippen LogP contribution < -0.4 is 14.8 Å². The average molecular weight is 432 g/mol. The monoisotopic (exact) mass is 431 g/mol. The van der Waals surface area contributed by atoms with Crippen LogP contribution in [0.2, 0.25) is 0 Å². The topological polar surface area (TPSA) is 83.1 Å². The Labute approximate surface area is 184 Å². The largest absolute Gasteiger partial charge is 0.496 e. The van der Waals surface area contributed by atoms with E-state index < -0.39 is 18.1 Å². The molecule has 1 aliphatic carbocycles. The number of esters is 2. The first-order chi connectivity index (χ1) is 15.1. The Bertz CT molecular complexity index is 799. The molecule has 0 aromatic heterocycles. The molecule has 1 fully saturated rings. The van der Waals surface area contributed by atoms with Gasteiger partial charge in [0.05, 0.1) is 26.4 Å². The van der Waals surface area contributed by atoms with Crippen LogP contribution in [-0.4, -0.2) is 51.5 Å². The van der Waals surface area contributed by atoms with Crippen LogP contribution in [-0.2, 0) is 19.1 Å². The van der Waals surface area contributed by atoms with E-state index in [1.807, 2.05) is 18.2 Å². The van der Waals surface area contributed by atoms with Gasteiger partial charge in [0.15, 0.2) is 0 Å². The lowest BCUT2D eigenvalue weighted by Gasteiger charge is -2.29. The molecule has 7 heteroatoms. The van der Waals surface area contributed by atoms with E-state index in [1.165, 1.54) is 26.4 Å². The van der Waals surface area contributed by atoms with E-state index in [9.17, 15) is 9.59 Å². The van der Waals surface area contributed by atoms with Crippen LogP contribution in [0, 0.1) is 5.92 Å². The molecule has 0 spiro atoms. The zero-order valence-corrected chi connectivity index (χ0v) is 18.6. The summed E-state index contributed by atoms with van der Waals surface area (Å²) in [7, 11) is 3.00. The molecule has 0 saturated heterocycles. The molecule has 1 aromatic rings. The van der Waals surface area contributed by atoms with Gasteiger partial charge in [0.1, 0.15) is 17.5 Å². The SMILES string of the molecule is CCOC(=O)C1Oc2cccc(OC)c2C=C1CN[C@@H](CC1CCCCC1)C(=O)OC. The highest BCUT2D eigenvalue weighted by Crippen LogP contribution is 2.36. The zero-order valence-electron chi connectivity index (χ0n) is 18.6. The molecule has 1 unspecified atom stereocenters.